The Morgan fingerprint density at radius 1 is 1.14 bits per heavy atom. The molecule has 2 aromatic carbocycles. The van der Waals surface area contributed by atoms with Crippen LogP contribution in [0.2, 0.25) is 0 Å². The molecular weight excluding hydrogens is 365 g/mol. The highest BCUT2D eigenvalue weighted by Crippen LogP contribution is 2.23. The summed E-state index contributed by atoms with van der Waals surface area (Å²) in [6.07, 6.45) is 1.12. The number of urea groups is 1. The van der Waals surface area contributed by atoms with Crippen LogP contribution >= 0.6 is 0 Å². The molecule has 7 nitrogen and oxygen atoms in total. The molecule has 28 heavy (non-hydrogen) atoms. The molecule has 3 N–H and O–H groups in total. The lowest BCUT2D eigenvalue weighted by Gasteiger charge is -2.32. The molecule has 0 aromatic heterocycles. The van der Waals surface area contributed by atoms with Gasteiger partial charge in [-0.3, -0.25) is 4.79 Å². The molecule has 1 atom stereocenters. The predicted molar refractivity (Wildman–Crippen MR) is 101 cm³/mol. The van der Waals surface area contributed by atoms with Gasteiger partial charge >= 0.3 is 12.0 Å². The van der Waals surface area contributed by atoms with Crippen molar-refractivity contribution >= 4 is 23.6 Å². The van der Waals surface area contributed by atoms with Crippen molar-refractivity contribution < 1.29 is 23.9 Å². The average Bonchev–Trinajstić information content (AvgIpc) is 2.69. The zero-order chi connectivity index (χ0) is 20.1. The number of anilines is 1. The van der Waals surface area contributed by atoms with E-state index in [1.807, 2.05) is 0 Å². The third kappa shape index (κ3) is 4.46. The summed E-state index contributed by atoms with van der Waals surface area (Å²) in [6, 6.07) is 10.9. The van der Waals surface area contributed by atoms with E-state index in [4.69, 9.17) is 5.11 Å². The third-order valence-electron chi connectivity index (χ3n) is 4.54. The van der Waals surface area contributed by atoms with Crippen LogP contribution in [0.4, 0.5) is 14.9 Å². The molecule has 146 valence electrons. The number of hydrogen-bond donors (Lipinski definition) is 3. The van der Waals surface area contributed by atoms with E-state index in [1.165, 1.54) is 29.2 Å². The summed E-state index contributed by atoms with van der Waals surface area (Å²) in [6.45, 7) is 0.583. The Labute approximate surface area is 161 Å². The van der Waals surface area contributed by atoms with Gasteiger partial charge < -0.3 is 20.6 Å². The summed E-state index contributed by atoms with van der Waals surface area (Å²) in [5, 5.41) is 14.2. The van der Waals surface area contributed by atoms with Gasteiger partial charge in [0.25, 0.3) is 0 Å². The maximum absolute atomic E-state index is 14.0. The number of para-hydroxylation sites is 1. The van der Waals surface area contributed by atoms with E-state index in [-0.39, 0.29) is 23.7 Å². The fourth-order valence-corrected chi connectivity index (χ4v) is 3.08. The molecule has 1 aliphatic heterocycles. The lowest BCUT2D eigenvalue weighted by molar-refractivity contribution is -0.121. The summed E-state index contributed by atoms with van der Waals surface area (Å²) < 4.78 is 14.0. The molecule has 0 aliphatic carbocycles. The molecule has 1 heterocycles. The number of carboxylic acids is 1. The number of amides is 3. The van der Waals surface area contributed by atoms with E-state index in [9.17, 15) is 18.8 Å². The van der Waals surface area contributed by atoms with Gasteiger partial charge in [0.05, 0.1) is 11.3 Å². The van der Waals surface area contributed by atoms with Gasteiger partial charge in [-0.15, -0.1) is 0 Å². The van der Waals surface area contributed by atoms with E-state index < -0.39 is 23.9 Å². The van der Waals surface area contributed by atoms with E-state index in [1.54, 1.807) is 24.3 Å². The first kappa shape index (κ1) is 19.3. The first-order valence-corrected chi connectivity index (χ1v) is 8.88. The first-order chi connectivity index (χ1) is 13.5. The zero-order valence-corrected chi connectivity index (χ0v) is 15.0. The second-order valence-electron chi connectivity index (χ2n) is 6.47. The van der Waals surface area contributed by atoms with Crippen LogP contribution in [-0.2, 0) is 11.3 Å². The van der Waals surface area contributed by atoms with E-state index in [0.717, 1.165) is 5.56 Å². The highest BCUT2D eigenvalue weighted by atomic mass is 19.1. The molecule has 0 saturated carbocycles. The Morgan fingerprint density at radius 2 is 1.86 bits per heavy atom. The summed E-state index contributed by atoms with van der Waals surface area (Å²) in [5.41, 5.74) is 1.09. The Morgan fingerprint density at radius 3 is 2.54 bits per heavy atom. The number of piperidine rings is 1. The van der Waals surface area contributed by atoms with Crippen molar-refractivity contribution in [1.29, 1.82) is 0 Å². The van der Waals surface area contributed by atoms with Crippen molar-refractivity contribution in [3.05, 3.63) is 65.5 Å². The second-order valence-corrected chi connectivity index (χ2v) is 6.47. The van der Waals surface area contributed by atoms with Crippen molar-refractivity contribution in [1.82, 2.24) is 10.6 Å². The Hall–Kier alpha value is -3.42. The number of aromatic carboxylic acids is 1. The van der Waals surface area contributed by atoms with Crippen LogP contribution in [0, 0.1) is 5.82 Å². The van der Waals surface area contributed by atoms with Crippen molar-refractivity contribution in [2.45, 2.75) is 25.4 Å². The second kappa shape index (κ2) is 8.51. The Kier molecular flexibility index (Phi) is 5.88. The van der Waals surface area contributed by atoms with Crippen LogP contribution in [0.1, 0.15) is 28.8 Å². The minimum absolute atomic E-state index is 0.161. The first-order valence-electron chi connectivity index (χ1n) is 8.88. The van der Waals surface area contributed by atoms with Crippen molar-refractivity contribution in [2.75, 3.05) is 11.4 Å². The van der Waals surface area contributed by atoms with Gasteiger partial charge in [0.1, 0.15) is 11.9 Å². The van der Waals surface area contributed by atoms with Crippen LogP contribution < -0.4 is 15.5 Å². The summed E-state index contributed by atoms with van der Waals surface area (Å²) in [4.78, 5) is 37.0. The normalized spacial score (nSPS) is 16.5. The quantitative estimate of drug-likeness (QED) is 0.737. The Balaban J connectivity index is 1.56. The minimum Gasteiger partial charge on any atom is -0.478 e. The maximum Gasteiger partial charge on any atom is 0.335 e. The molecule has 1 unspecified atom stereocenters. The number of benzene rings is 2. The number of nitrogens with zero attached hydrogens (tertiary/aromatic N) is 1. The highest BCUT2D eigenvalue weighted by molar-refractivity contribution is 5.99. The van der Waals surface area contributed by atoms with Gasteiger partial charge in [-0.25, -0.2) is 14.0 Å². The van der Waals surface area contributed by atoms with Gasteiger partial charge in [-0.05, 0) is 42.7 Å². The fraction of sp³-hybridized carbons (Fsp3) is 0.250. The molecule has 0 radical (unpaired) electrons. The van der Waals surface area contributed by atoms with Crippen LogP contribution in [0.5, 0.6) is 0 Å². The molecule has 8 heteroatoms. The van der Waals surface area contributed by atoms with Crippen LogP contribution in [-0.4, -0.2) is 35.6 Å². The topological polar surface area (TPSA) is 98.7 Å². The SMILES string of the molecule is O=C(NCc1ccc(C(=O)O)cc1)NC1CCCN(c2ccccc2F)C1=O. The maximum atomic E-state index is 14.0. The highest BCUT2D eigenvalue weighted by Gasteiger charge is 2.31. The molecule has 3 amide bonds. The number of halogens is 1. The average molecular weight is 385 g/mol. The van der Waals surface area contributed by atoms with Gasteiger partial charge in [0.15, 0.2) is 0 Å². The van der Waals surface area contributed by atoms with E-state index in [2.05, 4.69) is 10.6 Å². The molecule has 0 spiro atoms. The van der Waals surface area contributed by atoms with Crippen molar-refractivity contribution in [3.63, 3.8) is 0 Å². The predicted octanol–water partition coefficient (Wildman–Crippen LogP) is 2.52. The molecule has 3 rings (SSSR count). The third-order valence-corrected chi connectivity index (χ3v) is 4.54. The number of carboxylic acid groups (broad SMARTS) is 1. The number of rotatable bonds is 5. The van der Waals surface area contributed by atoms with Crippen LogP contribution in [0.15, 0.2) is 48.5 Å². The van der Waals surface area contributed by atoms with Crippen molar-refractivity contribution in [3.8, 4) is 0 Å². The molecule has 1 fully saturated rings. The van der Waals surface area contributed by atoms with Gasteiger partial charge in [0, 0.05) is 13.1 Å². The monoisotopic (exact) mass is 385 g/mol. The van der Waals surface area contributed by atoms with Crippen LogP contribution in [0.3, 0.4) is 0 Å². The molecule has 1 saturated heterocycles. The molecule has 0 bridgehead atoms. The number of nitrogens with one attached hydrogen (secondary N) is 2. The van der Waals surface area contributed by atoms with Gasteiger partial charge in [-0.1, -0.05) is 24.3 Å². The van der Waals surface area contributed by atoms with Crippen LogP contribution in [0.25, 0.3) is 0 Å². The number of hydrogen-bond acceptors (Lipinski definition) is 3. The Bertz CT molecular complexity index is 885. The van der Waals surface area contributed by atoms with Gasteiger partial charge in [-0.2, -0.15) is 0 Å². The summed E-state index contributed by atoms with van der Waals surface area (Å²) in [5.74, 6) is -1.85. The molecule has 2 aromatic rings. The van der Waals surface area contributed by atoms with E-state index in [0.29, 0.717) is 19.4 Å². The standard InChI is InChI=1S/C20H20FN3O4/c21-15-4-1-2-6-17(15)24-11-3-5-16(18(24)25)23-20(28)22-12-13-7-9-14(10-8-13)19(26)27/h1-2,4,6-10,16H,3,5,11-12H2,(H,26,27)(H2,22,23,28). The fourth-order valence-electron chi connectivity index (χ4n) is 3.08. The largest absolute Gasteiger partial charge is 0.478 e. The number of carbonyl (C=O) groups is 3. The lowest BCUT2D eigenvalue weighted by atomic mass is 10.0. The smallest absolute Gasteiger partial charge is 0.335 e. The lowest BCUT2D eigenvalue weighted by Crippen LogP contribution is -2.54. The number of carbonyl (C=O) groups excluding carboxylic acids is 2. The summed E-state index contributed by atoms with van der Waals surface area (Å²) in [7, 11) is 0. The molecule has 1 aliphatic rings. The summed E-state index contributed by atoms with van der Waals surface area (Å²) >= 11 is 0. The minimum atomic E-state index is -1.02. The van der Waals surface area contributed by atoms with Crippen molar-refractivity contribution in [2.24, 2.45) is 0 Å². The van der Waals surface area contributed by atoms with Gasteiger partial charge in [0.2, 0.25) is 5.91 Å². The van der Waals surface area contributed by atoms with E-state index >= 15 is 0 Å². The zero-order valence-electron chi connectivity index (χ0n) is 15.0. The molecular formula is C20H20FN3O4.